The molecule has 2 rings (SSSR count). The molecule has 1 saturated carbocycles. The molecule has 106 valence electrons. The molecule has 0 saturated heterocycles. The molecule has 19 heavy (non-hydrogen) atoms. The minimum absolute atomic E-state index is 0.0352. The van der Waals surface area contributed by atoms with E-state index >= 15 is 0 Å². The van der Waals surface area contributed by atoms with E-state index in [-0.39, 0.29) is 17.6 Å². The lowest BCUT2D eigenvalue weighted by Crippen LogP contribution is -2.57. The molecule has 0 heterocycles. The lowest BCUT2D eigenvalue weighted by Gasteiger charge is -2.52. The number of aliphatic hydroxyl groups is 1. The van der Waals surface area contributed by atoms with Gasteiger partial charge in [0.1, 0.15) is 5.75 Å². The van der Waals surface area contributed by atoms with E-state index in [1.165, 1.54) is 0 Å². The van der Waals surface area contributed by atoms with Crippen LogP contribution in [0.25, 0.3) is 0 Å². The van der Waals surface area contributed by atoms with Crippen LogP contribution in [0, 0.1) is 5.41 Å². The molecule has 2 atom stereocenters. The van der Waals surface area contributed by atoms with Crippen molar-refractivity contribution in [3.05, 3.63) is 29.8 Å². The van der Waals surface area contributed by atoms with Crippen molar-refractivity contribution in [1.82, 2.24) is 0 Å². The van der Waals surface area contributed by atoms with Crippen LogP contribution in [0.3, 0.4) is 0 Å². The van der Waals surface area contributed by atoms with Crippen LogP contribution in [-0.4, -0.2) is 24.4 Å². The monoisotopic (exact) mass is 264 g/mol. The van der Waals surface area contributed by atoms with Gasteiger partial charge in [-0.3, -0.25) is 0 Å². The Balaban J connectivity index is 1.91. The van der Waals surface area contributed by atoms with Gasteiger partial charge < -0.3 is 14.6 Å². The lowest BCUT2D eigenvalue weighted by molar-refractivity contribution is -0.200. The largest absolute Gasteiger partial charge is 0.497 e. The molecule has 0 bridgehead atoms. The smallest absolute Gasteiger partial charge is 0.118 e. The maximum Gasteiger partial charge on any atom is 0.118 e. The van der Waals surface area contributed by atoms with Crippen LogP contribution in [0.5, 0.6) is 5.75 Å². The molecule has 3 heteroatoms. The van der Waals surface area contributed by atoms with Crippen LogP contribution in [0.15, 0.2) is 24.3 Å². The first-order valence-corrected chi connectivity index (χ1v) is 7.09. The van der Waals surface area contributed by atoms with E-state index in [0.29, 0.717) is 6.61 Å². The second kappa shape index (κ2) is 5.93. The van der Waals surface area contributed by atoms with Crippen LogP contribution in [0.2, 0.25) is 0 Å². The van der Waals surface area contributed by atoms with Gasteiger partial charge in [-0.25, -0.2) is 0 Å². The first-order valence-electron chi connectivity index (χ1n) is 7.09. The van der Waals surface area contributed by atoms with Crippen LogP contribution in [0.1, 0.15) is 38.7 Å². The molecule has 0 aromatic heterocycles. The third-order valence-electron chi connectivity index (χ3n) is 4.67. The zero-order chi connectivity index (χ0) is 13.9. The molecule has 1 N–H and O–H groups in total. The van der Waals surface area contributed by atoms with E-state index in [4.69, 9.17) is 9.47 Å². The average Bonchev–Trinajstić information content (AvgIpc) is 2.45. The van der Waals surface area contributed by atoms with Crippen molar-refractivity contribution in [2.24, 2.45) is 5.41 Å². The van der Waals surface area contributed by atoms with Gasteiger partial charge >= 0.3 is 0 Å². The van der Waals surface area contributed by atoms with Crippen LogP contribution < -0.4 is 4.74 Å². The second-order valence-corrected chi connectivity index (χ2v) is 5.34. The van der Waals surface area contributed by atoms with Gasteiger partial charge in [0.05, 0.1) is 25.9 Å². The maximum atomic E-state index is 10.00. The van der Waals surface area contributed by atoms with E-state index in [1.54, 1.807) is 7.11 Å². The third kappa shape index (κ3) is 2.63. The predicted molar refractivity (Wildman–Crippen MR) is 75.2 cm³/mol. The molecule has 1 aliphatic carbocycles. The van der Waals surface area contributed by atoms with Crippen LogP contribution in [-0.2, 0) is 11.3 Å². The highest BCUT2D eigenvalue weighted by Gasteiger charge is 2.52. The van der Waals surface area contributed by atoms with E-state index in [0.717, 1.165) is 30.6 Å². The Morgan fingerprint density at radius 1 is 1.21 bits per heavy atom. The molecule has 1 aromatic carbocycles. The summed E-state index contributed by atoms with van der Waals surface area (Å²) < 4.78 is 11.1. The first kappa shape index (κ1) is 14.4. The molecule has 0 radical (unpaired) electrons. The van der Waals surface area contributed by atoms with Gasteiger partial charge in [0, 0.05) is 11.8 Å². The normalized spacial score (nSPS) is 24.8. The van der Waals surface area contributed by atoms with Gasteiger partial charge in [-0.1, -0.05) is 26.0 Å². The lowest BCUT2D eigenvalue weighted by atomic mass is 9.60. The standard InChI is InChI=1S/C16H24O3/c1-4-16(5-2)14(17)10-15(16)19-11-12-6-8-13(18-3)9-7-12/h6-9,14-15,17H,4-5,10-11H2,1-3H3. The summed E-state index contributed by atoms with van der Waals surface area (Å²) in [6.45, 7) is 4.87. The number of ether oxygens (including phenoxy) is 2. The zero-order valence-electron chi connectivity index (χ0n) is 12.1. The Kier molecular flexibility index (Phi) is 4.48. The molecule has 0 spiro atoms. The van der Waals surface area contributed by atoms with Gasteiger partial charge in [-0.15, -0.1) is 0 Å². The molecule has 3 nitrogen and oxygen atoms in total. The van der Waals surface area contributed by atoms with Crippen LogP contribution in [0.4, 0.5) is 0 Å². The zero-order valence-corrected chi connectivity index (χ0v) is 12.1. The van der Waals surface area contributed by atoms with Gasteiger partial charge in [-0.2, -0.15) is 0 Å². The number of benzene rings is 1. The topological polar surface area (TPSA) is 38.7 Å². The van der Waals surface area contributed by atoms with Crippen molar-refractivity contribution in [3.63, 3.8) is 0 Å². The summed E-state index contributed by atoms with van der Waals surface area (Å²) in [5, 5.41) is 10.00. The molecular formula is C16H24O3. The Morgan fingerprint density at radius 2 is 1.84 bits per heavy atom. The first-order chi connectivity index (χ1) is 9.16. The molecular weight excluding hydrogens is 240 g/mol. The number of hydrogen-bond donors (Lipinski definition) is 1. The summed E-state index contributed by atoms with van der Waals surface area (Å²) in [4.78, 5) is 0. The van der Waals surface area contributed by atoms with Crippen molar-refractivity contribution >= 4 is 0 Å². The van der Waals surface area contributed by atoms with Gasteiger partial charge in [-0.05, 0) is 30.5 Å². The summed E-state index contributed by atoms with van der Waals surface area (Å²) in [6.07, 6.45) is 2.68. The summed E-state index contributed by atoms with van der Waals surface area (Å²) >= 11 is 0. The fourth-order valence-corrected chi connectivity index (χ4v) is 3.06. The highest BCUT2D eigenvalue weighted by atomic mass is 16.5. The van der Waals surface area contributed by atoms with Crippen molar-refractivity contribution in [3.8, 4) is 5.75 Å². The summed E-state index contributed by atoms with van der Waals surface area (Å²) in [6, 6.07) is 7.93. The Labute approximate surface area is 115 Å². The average molecular weight is 264 g/mol. The predicted octanol–water partition coefficient (Wildman–Crippen LogP) is 3.15. The van der Waals surface area contributed by atoms with Crippen molar-refractivity contribution in [2.75, 3.05) is 7.11 Å². The summed E-state index contributed by atoms with van der Waals surface area (Å²) in [5.41, 5.74) is 1.11. The SMILES string of the molecule is CCC1(CC)C(O)CC1OCc1ccc(OC)cc1. The highest BCUT2D eigenvalue weighted by Crippen LogP contribution is 2.49. The number of rotatable bonds is 6. The molecule has 1 aliphatic rings. The number of methoxy groups -OCH3 is 1. The van der Waals surface area contributed by atoms with Crippen molar-refractivity contribution in [1.29, 1.82) is 0 Å². The molecule has 1 fully saturated rings. The molecule has 0 aliphatic heterocycles. The van der Waals surface area contributed by atoms with E-state index < -0.39 is 0 Å². The van der Waals surface area contributed by atoms with Crippen LogP contribution >= 0.6 is 0 Å². The van der Waals surface area contributed by atoms with E-state index in [1.807, 2.05) is 24.3 Å². The van der Waals surface area contributed by atoms with Gasteiger partial charge in [0.2, 0.25) is 0 Å². The quantitative estimate of drug-likeness (QED) is 0.857. The van der Waals surface area contributed by atoms with Gasteiger partial charge in [0.25, 0.3) is 0 Å². The van der Waals surface area contributed by atoms with Crippen molar-refractivity contribution < 1.29 is 14.6 Å². The van der Waals surface area contributed by atoms with E-state index in [9.17, 15) is 5.11 Å². The fourth-order valence-electron chi connectivity index (χ4n) is 3.06. The minimum Gasteiger partial charge on any atom is -0.497 e. The molecule has 2 unspecified atom stereocenters. The summed E-state index contributed by atoms with van der Waals surface area (Å²) in [5.74, 6) is 0.860. The Hall–Kier alpha value is -1.06. The summed E-state index contributed by atoms with van der Waals surface area (Å²) in [7, 11) is 1.66. The molecule has 1 aromatic rings. The highest BCUT2D eigenvalue weighted by molar-refractivity contribution is 5.26. The number of hydrogen-bond acceptors (Lipinski definition) is 3. The molecule has 0 amide bonds. The number of aliphatic hydroxyl groups excluding tert-OH is 1. The fraction of sp³-hybridized carbons (Fsp3) is 0.625. The Morgan fingerprint density at radius 3 is 2.32 bits per heavy atom. The maximum absolute atomic E-state index is 10.00. The second-order valence-electron chi connectivity index (χ2n) is 5.34. The minimum atomic E-state index is -0.205. The third-order valence-corrected chi connectivity index (χ3v) is 4.67. The van der Waals surface area contributed by atoms with Gasteiger partial charge in [0.15, 0.2) is 0 Å². The van der Waals surface area contributed by atoms with Crippen molar-refractivity contribution in [2.45, 2.75) is 51.9 Å². The Bertz CT molecular complexity index is 395. The van der Waals surface area contributed by atoms with E-state index in [2.05, 4.69) is 13.8 Å².